The summed E-state index contributed by atoms with van der Waals surface area (Å²) >= 11 is 3.46. The Balaban J connectivity index is 0.00000124. The highest BCUT2D eigenvalue weighted by molar-refractivity contribution is 9.10. The zero-order valence-corrected chi connectivity index (χ0v) is 25.7. The van der Waals surface area contributed by atoms with Gasteiger partial charge >= 0.3 is 6.15 Å². The van der Waals surface area contributed by atoms with Gasteiger partial charge in [-0.1, -0.05) is 53.2 Å². The first-order chi connectivity index (χ1) is 19.7. The Kier molecular flexibility index (Phi) is 10.0. The van der Waals surface area contributed by atoms with Crippen LogP contribution in [-0.2, 0) is 37.7 Å². The van der Waals surface area contributed by atoms with E-state index >= 15 is 0 Å². The molecule has 0 spiro atoms. The van der Waals surface area contributed by atoms with E-state index in [0.717, 1.165) is 60.0 Å². The fourth-order valence-electron chi connectivity index (χ4n) is 6.84. The Hall–Kier alpha value is -3.03. The SMILES string of the molecule is CCOC1c2c3c4ccccc4n2C(C)(O)CC1(CC)CCCN(/C=C/C(=O)Cc1ccc(Br)cc1)CC3.O=C=O. The number of nitrogens with zero attached hydrogens (tertiary/aromatic N) is 2. The fourth-order valence-corrected chi connectivity index (χ4v) is 7.11. The normalized spacial score (nSPS) is 24.0. The van der Waals surface area contributed by atoms with Crippen LogP contribution in [0.1, 0.15) is 69.4 Å². The molecule has 3 atom stereocenters. The Morgan fingerprint density at radius 2 is 1.85 bits per heavy atom. The summed E-state index contributed by atoms with van der Waals surface area (Å²) < 4.78 is 9.74. The number of aromatic nitrogens is 1. The largest absolute Gasteiger partial charge is 0.377 e. The monoisotopic (exact) mass is 622 g/mol. The van der Waals surface area contributed by atoms with E-state index in [9.17, 15) is 9.90 Å². The number of fused-ring (bicyclic) bond motifs is 4. The van der Waals surface area contributed by atoms with Gasteiger partial charge in [-0.15, -0.1) is 0 Å². The molecule has 1 aromatic heterocycles. The van der Waals surface area contributed by atoms with Crippen molar-refractivity contribution in [2.75, 3.05) is 19.7 Å². The van der Waals surface area contributed by atoms with Crippen molar-refractivity contribution in [1.82, 2.24) is 9.47 Å². The van der Waals surface area contributed by atoms with Crippen LogP contribution in [0.2, 0.25) is 0 Å². The minimum absolute atomic E-state index is 0.0466. The number of allylic oxidation sites excluding steroid dienone is 1. The van der Waals surface area contributed by atoms with E-state index in [4.69, 9.17) is 14.3 Å². The molecule has 41 heavy (non-hydrogen) atoms. The maximum Gasteiger partial charge on any atom is 0.373 e. The van der Waals surface area contributed by atoms with Crippen LogP contribution in [0, 0.1) is 5.41 Å². The first-order valence-corrected chi connectivity index (χ1v) is 15.1. The van der Waals surface area contributed by atoms with Crippen LogP contribution in [0.4, 0.5) is 0 Å². The zero-order chi connectivity index (χ0) is 29.6. The second kappa shape index (κ2) is 13.3. The molecular formula is C33H39BrN2O5. The van der Waals surface area contributed by atoms with E-state index in [1.807, 2.05) is 37.4 Å². The number of hydrogen-bond acceptors (Lipinski definition) is 6. The summed E-state index contributed by atoms with van der Waals surface area (Å²) in [5.41, 5.74) is 3.37. The number of rotatable bonds is 7. The molecule has 5 rings (SSSR count). The van der Waals surface area contributed by atoms with Gasteiger partial charge in [0.25, 0.3) is 0 Å². The highest BCUT2D eigenvalue weighted by Crippen LogP contribution is 2.57. The molecule has 3 unspecified atom stereocenters. The van der Waals surface area contributed by atoms with Crippen molar-refractivity contribution < 1.29 is 24.2 Å². The number of ether oxygens (including phenoxy) is 1. The van der Waals surface area contributed by atoms with E-state index in [2.05, 4.69) is 63.5 Å². The fraction of sp³-hybridized carbons (Fsp3) is 0.455. The van der Waals surface area contributed by atoms with Crippen molar-refractivity contribution >= 4 is 38.8 Å². The second-order valence-electron chi connectivity index (χ2n) is 11.2. The third-order valence-electron chi connectivity index (χ3n) is 8.56. The van der Waals surface area contributed by atoms with Gasteiger partial charge in [-0.05, 0) is 74.9 Å². The van der Waals surface area contributed by atoms with Crippen molar-refractivity contribution in [3.63, 3.8) is 0 Å². The molecule has 2 aliphatic rings. The smallest absolute Gasteiger partial charge is 0.373 e. The number of carbonyl (C=O) groups excluding carboxylic acids is 3. The third-order valence-corrected chi connectivity index (χ3v) is 9.09. The Bertz CT molecular complexity index is 1420. The van der Waals surface area contributed by atoms with Crippen LogP contribution in [-0.4, -0.2) is 46.2 Å². The lowest BCUT2D eigenvalue weighted by Gasteiger charge is -2.51. The minimum atomic E-state index is -0.977. The standard InChI is InChI=1S/C32H39BrN2O3.CO2/c1-4-32-17-8-18-34(19-15-25(36)21-23-11-13-24(33)14-12-23)20-16-27-26-9-6-7-10-28(26)35(31(3,37)22-32)29(27)30(32)38-5-2;2-1-3/h6-7,9-15,19,30,37H,4-5,8,16-18,20-22H2,1-3H3;/b19-15+;. The highest BCUT2D eigenvalue weighted by atomic mass is 79.9. The molecule has 0 aliphatic carbocycles. The van der Waals surface area contributed by atoms with Crippen LogP contribution in [0.15, 0.2) is 65.3 Å². The van der Waals surface area contributed by atoms with Crippen LogP contribution in [0.3, 0.4) is 0 Å². The summed E-state index contributed by atoms with van der Waals surface area (Å²) in [4.78, 5) is 31.3. The van der Waals surface area contributed by atoms with Gasteiger partial charge in [0.2, 0.25) is 0 Å². The summed E-state index contributed by atoms with van der Waals surface area (Å²) in [5.74, 6) is 0.109. The number of carbonyl (C=O) groups is 1. The van der Waals surface area contributed by atoms with Gasteiger partial charge in [0.15, 0.2) is 5.78 Å². The van der Waals surface area contributed by atoms with Crippen LogP contribution in [0.25, 0.3) is 10.9 Å². The predicted molar refractivity (Wildman–Crippen MR) is 161 cm³/mol. The number of ketones is 1. The summed E-state index contributed by atoms with van der Waals surface area (Å²) in [6.45, 7) is 8.61. The van der Waals surface area contributed by atoms with Gasteiger partial charge in [0.1, 0.15) is 11.8 Å². The lowest BCUT2D eigenvalue weighted by molar-refractivity contribution is -0.191. The maximum atomic E-state index is 12.8. The number of aliphatic hydroxyl groups is 1. The molecular weight excluding hydrogens is 584 g/mol. The molecule has 0 saturated heterocycles. The molecule has 8 heteroatoms. The number of hydrogen-bond donors (Lipinski definition) is 1. The van der Waals surface area contributed by atoms with E-state index in [0.29, 0.717) is 19.4 Å². The Morgan fingerprint density at radius 3 is 2.54 bits per heavy atom. The van der Waals surface area contributed by atoms with Crippen molar-refractivity contribution in [1.29, 1.82) is 0 Å². The summed E-state index contributed by atoms with van der Waals surface area (Å²) in [6, 6.07) is 16.4. The first kappa shape index (κ1) is 30.9. The lowest BCUT2D eigenvalue weighted by Crippen LogP contribution is -2.48. The Labute approximate surface area is 250 Å². The van der Waals surface area contributed by atoms with Crippen LogP contribution >= 0.6 is 15.9 Å². The maximum absolute atomic E-state index is 12.8. The van der Waals surface area contributed by atoms with E-state index < -0.39 is 5.72 Å². The highest BCUT2D eigenvalue weighted by Gasteiger charge is 2.52. The first-order valence-electron chi connectivity index (χ1n) is 14.3. The van der Waals surface area contributed by atoms with Gasteiger partial charge in [-0.3, -0.25) is 4.79 Å². The minimum Gasteiger partial charge on any atom is -0.377 e. The molecule has 7 nitrogen and oxygen atoms in total. The molecule has 3 aromatic rings. The molecule has 218 valence electrons. The second-order valence-corrected chi connectivity index (χ2v) is 12.1. The molecule has 2 bridgehead atoms. The van der Waals surface area contributed by atoms with E-state index in [1.165, 1.54) is 10.9 Å². The van der Waals surface area contributed by atoms with Crippen molar-refractivity contribution in [2.24, 2.45) is 5.41 Å². The van der Waals surface area contributed by atoms with Gasteiger partial charge in [-0.2, -0.15) is 9.59 Å². The topological polar surface area (TPSA) is 88.8 Å². The molecule has 2 aliphatic heterocycles. The van der Waals surface area contributed by atoms with Gasteiger partial charge in [-0.25, -0.2) is 0 Å². The zero-order valence-electron chi connectivity index (χ0n) is 24.1. The Morgan fingerprint density at radius 1 is 1.15 bits per heavy atom. The van der Waals surface area contributed by atoms with E-state index in [1.54, 1.807) is 6.08 Å². The van der Waals surface area contributed by atoms with Gasteiger partial charge in [0, 0.05) is 54.0 Å². The molecule has 3 heterocycles. The van der Waals surface area contributed by atoms with E-state index in [-0.39, 0.29) is 23.5 Å². The van der Waals surface area contributed by atoms with Crippen molar-refractivity contribution in [3.8, 4) is 0 Å². The van der Waals surface area contributed by atoms with Crippen molar-refractivity contribution in [2.45, 2.75) is 71.1 Å². The lowest BCUT2D eigenvalue weighted by atomic mass is 9.66. The summed E-state index contributed by atoms with van der Waals surface area (Å²) in [6.07, 6.45) is 8.71. The summed E-state index contributed by atoms with van der Waals surface area (Å²) in [5, 5.41) is 13.1. The number of benzene rings is 2. The molecule has 0 fully saturated rings. The number of para-hydroxylation sites is 1. The van der Waals surface area contributed by atoms with Gasteiger partial charge in [0.05, 0.1) is 11.2 Å². The van der Waals surface area contributed by atoms with Crippen molar-refractivity contribution in [3.05, 3.63) is 82.1 Å². The van der Waals surface area contributed by atoms with Gasteiger partial charge < -0.3 is 19.3 Å². The van der Waals surface area contributed by atoms with Crippen LogP contribution in [0.5, 0.6) is 0 Å². The quantitative estimate of drug-likeness (QED) is 0.310. The average Bonchev–Trinajstić information content (AvgIpc) is 3.28. The third kappa shape index (κ3) is 6.57. The number of halogens is 1. The average molecular weight is 624 g/mol. The predicted octanol–water partition coefficient (Wildman–Crippen LogP) is 6.33. The molecule has 0 saturated carbocycles. The van der Waals surface area contributed by atoms with Crippen LogP contribution < -0.4 is 0 Å². The molecule has 2 aromatic carbocycles. The summed E-state index contributed by atoms with van der Waals surface area (Å²) in [7, 11) is 0. The molecule has 0 amide bonds. The molecule has 1 N–H and O–H groups in total. The molecule has 0 radical (unpaired) electrons.